The average Bonchev–Trinajstić information content (AvgIpc) is 3.18. The van der Waals surface area contributed by atoms with Gasteiger partial charge < -0.3 is 10.6 Å². The number of hydrogen-bond acceptors (Lipinski definition) is 6. The van der Waals surface area contributed by atoms with Crippen LogP contribution in [0.25, 0.3) is 0 Å². The maximum absolute atomic E-state index is 11.0. The first kappa shape index (κ1) is 15.0. The molecule has 8 heteroatoms. The van der Waals surface area contributed by atoms with E-state index in [0.29, 0.717) is 19.0 Å². The van der Waals surface area contributed by atoms with Crippen LogP contribution in [0.2, 0.25) is 0 Å². The fraction of sp³-hybridized carbons (Fsp3) is 0.667. The van der Waals surface area contributed by atoms with Crippen molar-refractivity contribution in [2.45, 2.75) is 25.7 Å². The molecule has 0 spiro atoms. The number of hydrogen-bond donors (Lipinski definition) is 3. The van der Waals surface area contributed by atoms with E-state index in [1.165, 1.54) is 0 Å². The number of aromatic nitrogens is 2. The van der Waals surface area contributed by atoms with Gasteiger partial charge in [-0.25, -0.2) is 23.1 Å². The SMILES string of the molecule is CCNc1cc(NCCNS(C)(=O)=O)nc(C2CC2)n1. The lowest BCUT2D eigenvalue weighted by Gasteiger charge is -2.10. The zero-order valence-corrected chi connectivity index (χ0v) is 12.6. The van der Waals surface area contributed by atoms with Crippen molar-refractivity contribution >= 4 is 21.7 Å². The molecule has 0 unspecified atom stereocenters. The Morgan fingerprint density at radius 2 is 1.85 bits per heavy atom. The summed E-state index contributed by atoms with van der Waals surface area (Å²) in [4.78, 5) is 8.95. The summed E-state index contributed by atoms with van der Waals surface area (Å²) >= 11 is 0. The molecule has 1 aliphatic carbocycles. The molecule has 0 bridgehead atoms. The Kier molecular flexibility index (Phi) is 4.77. The van der Waals surface area contributed by atoms with Crippen molar-refractivity contribution < 1.29 is 8.42 Å². The van der Waals surface area contributed by atoms with Crippen LogP contribution in [0.1, 0.15) is 31.5 Å². The zero-order chi connectivity index (χ0) is 14.6. The van der Waals surface area contributed by atoms with E-state index in [9.17, 15) is 8.42 Å². The van der Waals surface area contributed by atoms with Crippen LogP contribution in [0, 0.1) is 0 Å². The van der Waals surface area contributed by atoms with E-state index in [4.69, 9.17) is 0 Å². The quantitative estimate of drug-likeness (QED) is 0.613. The number of rotatable bonds is 8. The van der Waals surface area contributed by atoms with Gasteiger partial charge in [0.2, 0.25) is 10.0 Å². The van der Waals surface area contributed by atoms with Crippen LogP contribution < -0.4 is 15.4 Å². The Balaban J connectivity index is 1.95. The topological polar surface area (TPSA) is 96.0 Å². The minimum absolute atomic E-state index is 0.331. The second-order valence-corrected chi connectivity index (χ2v) is 6.73. The first-order chi connectivity index (χ1) is 9.48. The van der Waals surface area contributed by atoms with E-state index < -0.39 is 10.0 Å². The van der Waals surface area contributed by atoms with Gasteiger partial charge in [-0.3, -0.25) is 0 Å². The summed E-state index contributed by atoms with van der Waals surface area (Å²) in [5.41, 5.74) is 0. The highest BCUT2D eigenvalue weighted by atomic mass is 32.2. The Morgan fingerprint density at radius 1 is 1.20 bits per heavy atom. The van der Waals surface area contributed by atoms with Crippen molar-refractivity contribution in [2.75, 3.05) is 36.5 Å². The Morgan fingerprint density at radius 3 is 2.40 bits per heavy atom. The molecule has 0 atom stereocenters. The van der Waals surface area contributed by atoms with Gasteiger partial charge in [-0.15, -0.1) is 0 Å². The largest absolute Gasteiger partial charge is 0.370 e. The minimum atomic E-state index is -3.14. The molecule has 1 saturated carbocycles. The number of nitrogens with zero attached hydrogens (tertiary/aromatic N) is 2. The van der Waals surface area contributed by atoms with Crippen LogP contribution in [0.3, 0.4) is 0 Å². The molecule has 1 fully saturated rings. The second-order valence-electron chi connectivity index (χ2n) is 4.89. The van der Waals surface area contributed by atoms with Gasteiger partial charge in [0.05, 0.1) is 6.26 Å². The predicted octanol–water partition coefficient (Wildman–Crippen LogP) is 0.747. The summed E-state index contributed by atoms with van der Waals surface area (Å²) < 4.78 is 24.4. The Hall–Kier alpha value is -1.41. The molecule has 0 radical (unpaired) electrons. The summed E-state index contributed by atoms with van der Waals surface area (Å²) in [6, 6.07) is 1.84. The predicted molar refractivity (Wildman–Crippen MR) is 79.5 cm³/mol. The molecule has 0 aromatic carbocycles. The highest BCUT2D eigenvalue weighted by molar-refractivity contribution is 7.88. The third-order valence-electron chi connectivity index (χ3n) is 2.84. The van der Waals surface area contributed by atoms with Crippen LogP contribution in [0.4, 0.5) is 11.6 Å². The zero-order valence-electron chi connectivity index (χ0n) is 11.8. The molecule has 0 saturated heterocycles. The van der Waals surface area contributed by atoms with Crippen molar-refractivity contribution in [3.8, 4) is 0 Å². The van der Waals surface area contributed by atoms with E-state index in [2.05, 4.69) is 25.3 Å². The Labute approximate surface area is 119 Å². The van der Waals surface area contributed by atoms with Crippen molar-refractivity contribution in [2.24, 2.45) is 0 Å². The van der Waals surface area contributed by atoms with Gasteiger partial charge in [-0.05, 0) is 19.8 Å². The van der Waals surface area contributed by atoms with Gasteiger partial charge in [-0.2, -0.15) is 0 Å². The maximum Gasteiger partial charge on any atom is 0.208 e. The van der Waals surface area contributed by atoms with Crippen LogP contribution >= 0.6 is 0 Å². The molecule has 0 amide bonds. The van der Waals surface area contributed by atoms with Gasteiger partial charge in [0.25, 0.3) is 0 Å². The lowest BCUT2D eigenvalue weighted by molar-refractivity contribution is 0.589. The average molecular weight is 299 g/mol. The highest BCUT2D eigenvalue weighted by Crippen LogP contribution is 2.38. The van der Waals surface area contributed by atoms with E-state index in [-0.39, 0.29) is 0 Å². The van der Waals surface area contributed by atoms with Crippen LogP contribution in [0.5, 0.6) is 0 Å². The summed E-state index contributed by atoms with van der Waals surface area (Å²) in [5.74, 6) is 2.88. The molecule has 1 aromatic heterocycles. The molecule has 20 heavy (non-hydrogen) atoms. The smallest absolute Gasteiger partial charge is 0.208 e. The van der Waals surface area contributed by atoms with Gasteiger partial charge >= 0.3 is 0 Å². The molecule has 1 aliphatic rings. The van der Waals surface area contributed by atoms with E-state index in [1.807, 2.05) is 13.0 Å². The normalized spacial score (nSPS) is 15.1. The minimum Gasteiger partial charge on any atom is -0.370 e. The fourth-order valence-electron chi connectivity index (χ4n) is 1.78. The molecule has 0 aliphatic heterocycles. The molecule has 1 aromatic rings. The van der Waals surface area contributed by atoms with Crippen molar-refractivity contribution in [3.05, 3.63) is 11.9 Å². The number of sulfonamides is 1. The number of nitrogens with one attached hydrogen (secondary N) is 3. The van der Waals surface area contributed by atoms with E-state index in [1.54, 1.807) is 0 Å². The van der Waals surface area contributed by atoms with Gasteiger partial charge in [0.1, 0.15) is 17.5 Å². The van der Waals surface area contributed by atoms with Crippen LogP contribution in [-0.4, -0.2) is 44.3 Å². The van der Waals surface area contributed by atoms with Crippen LogP contribution in [-0.2, 0) is 10.0 Å². The fourth-order valence-corrected chi connectivity index (χ4v) is 2.25. The summed E-state index contributed by atoms with van der Waals surface area (Å²) in [5, 5.41) is 6.30. The lowest BCUT2D eigenvalue weighted by atomic mass is 10.3. The molecular formula is C12H21N5O2S. The van der Waals surface area contributed by atoms with E-state index in [0.717, 1.165) is 43.1 Å². The summed E-state index contributed by atoms with van der Waals surface area (Å²) in [6.45, 7) is 3.64. The van der Waals surface area contributed by atoms with Crippen LogP contribution in [0.15, 0.2) is 6.07 Å². The summed E-state index contributed by atoms with van der Waals surface area (Å²) in [7, 11) is -3.14. The molecule has 2 rings (SSSR count). The van der Waals surface area contributed by atoms with Crippen molar-refractivity contribution in [3.63, 3.8) is 0 Å². The summed E-state index contributed by atoms with van der Waals surface area (Å²) in [6.07, 6.45) is 3.43. The van der Waals surface area contributed by atoms with Gasteiger partial charge in [-0.1, -0.05) is 0 Å². The first-order valence-corrected chi connectivity index (χ1v) is 8.68. The highest BCUT2D eigenvalue weighted by Gasteiger charge is 2.27. The number of anilines is 2. The standard InChI is InChI=1S/C12H21N5O2S/c1-3-13-10-8-11(14-6-7-15-20(2,18)19)17-12(16-10)9-4-5-9/h8-9,15H,3-7H2,1-2H3,(H2,13,14,16,17). The van der Waals surface area contributed by atoms with Crippen molar-refractivity contribution in [1.82, 2.24) is 14.7 Å². The first-order valence-electron chi connectivity index (χ1n) is 6.79. The molecule has 1 heterocycles. The van der Waals surface area contributed by atoms with Gasteiger partial charge in [0, 0.05) is 31.6 Å². The second kappa shape index (κ2) is 6.36. The van der Waals surface area contributed by atoms with E-state index >= 15 is 0 Å². The molecular weight excluding hydrogens is 278 g/mol. The molecule has 112 valence electrons. The molecule has 3 N–H and O–H groups in total. The maximum atomic E-state index is 11.0. The van der Waals surface area contributed by atoms with Gasteiger partial charge in [0.15, 0.2) is 0 Å². The molecule has 7 nitrogen and oxygen atoms in total. The lowest BCUT2D eigenvalue weighted by Crippen LogP contribution is -2.27. The third kappa shape index (κ3) is 4.93. The monoisotopic (exact) mass is 299 g/mol. The van der Waals surface area contributed by atoms with Crippen molar-refractivity contribution in [1.29, 1.82) is 0 Å². The third-order valence-corrected chi connectivity index (χ3v) is 3.57. The Bertz CT molecular complexity index is 557.